The summed E-state index contributed by atoms with van der Waals surface area (Å²) in [6.45, 7) is 6.04. The minimum atomic E-state index is -0.530. The van der Waals surface area contributed by atoms with Gasteiger partial charge in [-0.3, -0.25) is 9.78 Å². The molecular formula is C16H21N3O2S. The normalized spacial score (nSPS) is 13.6. The van der Waals surface area contributed by atoms with Crippen molar-refractivity contribution in [1.82, 2.24) is 15.3 Å². The van der Waals surface area contributed by atoms with Gasteiger partial charge in [0.05, 0.1) is 17.5 Å². The van der Waals surface area contributed by atoms with Gasteiger partial charge in [0.25, 0.3) is 5.91 Å². The van der Waals surface area contributed by atoms with Crippen molar-refractivity contribution in [3.63, 3.8) is 0 Å². The van der Waals surface area contributed by atoms with E-state index < -0.39 is 6.10 Å². The third-order valence-electron chi connectivity index (χ3n) is 3.66. The third kappa shape index (κ3) is 3.90. The van der Waals surface area contributed by atoms with Gasteiger partial charge in [-0.1, -0.05) is 26.3 Å². The third-order valence-corrected chi connectivity index (χ3v) is 4.84. The van der Waals surface area contributed by atoms with Crippen molar-refractivity contribution in [2.45, 2.75) is 33.3 Å². The Hall–Kier alpha value is -1.79. The molecule has 0 bridgehead atoms. The number of thiazole rings is 1. The minimum Gasteiger partial charge on any atom is -0.391 e. The molecular weight excluding hydrogens is 298 g/mol. The van der Waals surface area contributed by atoms with Gasteiger partial charge < -0.3 is 10.4 Å². The molecule has 1 amide bonds. The summed E-state index contributed by atoms with van der Waals surface area (Å²) in [7, 11) is 0. The second-order valence-corrected chi connectivity index (χ2v) is 6.31. The Morgan fingerprint density at radius 3 is 2.86 bits per heavy atom. The topological polar surface area (TPSA) is 75.1 Å². The quantitative estimate of drug-likeness (QED) is 0.858. The molecule has 2 atom stereocenters. The van der Waals surface area contributed by atoms with E-state index in [0.29, 0.717) is 10.6 Å². The van der Waals surface area contributed by atoms with Gasteiger partial charge >= 0.3 is 0 Å². The molecule has 22 heavy (non-hydrogen) atoms. The predicted molar refractivity (Wildman–Crippen MR) is 87.9 cm³/mol. The highest BCUT2D eigenvalue weighted by molar-refractivity contribution is 7.17. The van der Waals surface area contributed by atoms with E-state index in [1.54, 1.807) is 6.20 Å². The Kier molecular flexibility index (Phi) is 5.63. The van der Waals surface area contributed by atoms with Gasteiger partial charge in [0.15, 0.2) is 0 Å². The molecule has 0 aliphatic heterocycles. The molecule has 2 N–H and O–H groups in total. The molecule has 0 spiro atoms. The summed E-state index contributed by atoms with van der Waals surface area (Å²) in [6.07, 6.45) is 2.05. The molecule has 0 aromatic carbocycles. The molecule has 2 aromatic rings. The molecule has 0 aliphatic rings. The molecule has 2 rings (SSSR count). The van der Waals surface area contributed by atoms with Crippen LogP contribution in [0.1, 0.15) is 35.6 Å². The van der Waals surface area contributed by atoms with Crippen molar-refractivity contribution in [3.05, 3.63) is 35.0 Å². The second kappa shape index (κ2) is 7.47. The van der Waals surface area contributed by atoms with Crippen LogP contribution in [0.5, 0.6) is 0 Å². The van der Waals surface area contributed by atoms with Crippen LogP contribution in [0.3, 0.4) is 0 Å². The van der Waals surface area contributed by atoms with E-state index in [-0.39, 0.29) is 18.4 Å². The first-order valence-electron chi connectivity index (χ1n) is 7.38. The monoisotopic (exact) mass is 319 g/mol. The number of carbonyl (C=O) groups is 1. The van der Waals surface area contributed by atoms with Gasteiger partial charge in [-0.05, 0) is 25.0 Å². The number of rotatable bonds is 6. The second-order valence-electron chi connectivity index (χ2n) is 5.31. The Morgan fingerprint density at radius 1 is 1.45 bits per heavy atom. The number of aryl methyl sites for hydroxylation is 1. The largest absolute Gasteiger partial charge is 0.391 e. The highest BCUT2D eigenvalue weighted by Crippen LogP contribution is 2.26. The molecule has 118 valence electrons. The average molecular weight is 319 g/mol. The molecule has 2 aromatic heterocycles. The van der Waals surface area contributed by atoms with Crippen LogP contribution in [-0.2, 0) is 0 Å². The van der Waals surface area contributed by atoms with E-state index in [1.165, 1.54) is 11.3 Å². The number of hydrogen-bond acceptors (Lipinski definition) is 5. The van der Waals surface area contributed by atoms with Gasteiger partial charge in [0, 0.05) is 12.7 Å². The van der Waals surface area contributed by atoms with E-state index in [1.807, 2.05) is 39.0 Å². The van der Waals surface area contributed by atoms with E-state index in [9.17, 15) is 9.90 Å². The maximum absolute atomic E-state index is 12.3. The summed E-state index contributed by atoms with van der Waals surface area (Å²) >= 11 is 1.32. The van der Waals surface area contributed by atoms with Crippen LogP contribution in [0.4, 0.5) is 0 Å². The lowest BCUT2D eigenvalue weighted by molar-refractivity contribution is 0.0853. The number of amides is 1. The molecule has 2 heterocycles. The van der Waals surface area contributed by atoms with E-state index >= 15 is 0 Å². The maximum Gasteiger partial charge on any atom is 0.263 e. The van der Waals surface area contributed by atoms with Crippen molar-refractivity contribution in [3.8, 4) is 10.7 Å². The number of nitrogens with zero attached hydrogens (tertiary/aromatic N) is 2. The lowest BCUT2D eigenvalue weighted by atomic mass is 10.0. The van der Waals surface area contributed by atoms with Crippen LogP contribution in [-0.4, -0.2) is 33.6 Å². The maximum atomic E-state index is 12.3. The zero-order valence-electron chi connectivity index (χ0n) is 13.0. The first-order chi connectivity index (χ1) is 10.5. The fourth-order valence-corrected chi connectivity index (χ4v) is 2.92. The Morgan fingerprint density at radius 2 is 2.23 bits per heavy atom. The van der Waals surface area contributed by atoms with Crippen molar-refractivity contribution in [2.75, 3.05) is 6.54 Å². The first-order valence-corrected chi connectivity index (χ1v) is 8.19. The van der Waals surface area contributed by atoms with Crippen LogP contribution >= 0.6 is 11.3 Å². The molecule has 0 aliphatic carbocycles. The fraction of sp³-hybridized carbons (Fsp3) is 0.438. The number of pyridine rings is 1. The summed E-state index contributed by atoms with van der Waals surface area (Å²) in [5.74, 6) is -0.0357. The fourth-order valence-electron chi connectivity index (χ4n) is 1.96. The van der Waals surface area contributed by atoms with Gasteiger partial charge in [-0.25, -0.2) is 4.98 Å². The lowest BCUT2D eigenvalue weighted by Gasteiger charge is -2.17. The van der Waals surface area contributed by atoms with Crippen LogP contribution < -0.4 is 5.32 Å². The molecule has 0 radical (unpaired) electrons. The summed E-state index contributed by atoms with van der Waals surface area (Å²) in [5.41, 5.74) is 1.44. The molecule has 0 saturated heterocycles. The number of nitrogens with one attached hydrogen (secondary N) is 1. The number of carbonyl (C=O) groups excluding carboxylic acids is 1. The SMILES string of the molecule is CCC(C)C(O)CNC(=O)c1sc(-c2ccccn2)nc1C. The van der Waals surface area contributed by atoms with Crippen molar-refractivity contribution >= 4 is 17.2 Å². The van der Waals surface area contributed by atoms with Gasteiger partial charge in [-0.15, -0.1) is 11.3 Å². The zero-order chi connectivity index (χ0) is 16.1. The number of aliphatic hydroxyl groups is 1. The zero-order valence-corrected chi connectivity index (χ0v) is 13.9. The van der Waals surface area contributed by atoms with Crippen LogP contribution in [0.25, 0.3) is 10.7 Å². The predicted octanol–water partition coefficient (Wildman–Crippen LogP) is 2.65. The first kappa shape index (κ1) is 16.6. The highest BCUT2D eigenvalue weighted by atomic mass is 32.1. The van der Waals surface area contributed by atoms with Crippen LogP contribution in [0.15, 0.2) is 24.4 Å². The molecule has 6 heteroatoms. The Labute approximate surface area is 134 Å². The average Bonchev–Trinajstić information content (AvgIpc) is 2.94. The molecule has 0 saturated carbocycles. The minimum absolute atomic E-state index is 0.159. The van der Waals surface area contributed by atoms with Crippen molar-refractivity contribution in [2.24, 2.45) is 5.92 Å². The summed E-state index contributed by atoms with van der Waals surface area (Å²) in [5, 5.41) is 13.4. The van der Waals surface area contributed by atoms with Gasteiger partial charge in [-0.2, -0.15) is 0 Å². The summed E-state index contributed by atoms with van der Waals surface area (Å²) in [6, 6.07) is 5.60. The Balaban J connectivity index is 2.06. The number of aliphatic hydroxyl groups excluding tert-OH is 1. The van der Waals surface area contributed by atoms with Crippen molar-refractivity contribution in [1.29, 1.82) is 0 Å². The van der Waals surface area contributed by atoms with Gasteiger partial charge in [0.2, 0.25) is 0 Å². The highest BCUT2D eigenvalue weighted by Gasteiger charge is 2.19. The Bertz CT molecular complexity index is 628. The van der Waals surface area contributed by atoms with Gasteiger partial charge in [0.1, 0.15) is 9.88 Å². The lowest BCUT2D eigenvalue weighted by Crippen LogP contribution is -2.35. The standard InChI is InChI=1S/C16H21N3O2S/c1-4-10(2)13(20)9-18-15(21)14-11(3)19-16(22-14)12-7-5-6-8-17-12/h5-8,10,13,20H,4,9H2,1-3H3,(H,18,21). The summed E-state index contributed by atoms with van der Waals surface area (Å²) < 4.78 is 0. The summed E-state index contributed by atoms with van der Waals surface area (Å²) in [4.78, 5) is 21.5. The number of aromatic nitrogens is 2. The van der Waals surface area contributed by atoms with Crippen molar-refractivity contribution < 1.29 is 9.90 Å². The van der Waals surface area contributed by atoms with E-state index in [0.717, 1.165) is 17.1 Å². The molecule has 2 unspecified atom stereocenters. The smallest absolute Gasteiger partial charge is 0.263 e. The van der Waals surface area contributed by atoms with Crippen LogP contribution in [0, 0.1) is 12.8 Å². The molecule has 5 nitrogen and oxygen atoms in total. The molecule has 0 fully saturated rings. The van der Waals surface area contributed by atoms with E-state index in [2.05, 4.69) is 15.3 Å². The number of hydrogen-bond donors (Lipinski definition) is 2. The van der Waals surface area contributed by atoms with E-state index in [4.69, 9.17) is 0 Å². The van der Waals surface area contributed by atoms with Crippen LogP contribution in [0.2, 0.25) is 0 Å².